The zero-order valence-corrected chi connectivity index (χ0v) is 11.3. The van der Waals surface area contributed by atoms with E-state index in [4.69, 9.17) is 10.6 Å². The minimum absolute atomic E-state index is 0.129. The van der Waals surface area contributed by atoms with Gasteiger partial charge in [0, 0.05) is 17.5 Å². The molecule has 3 N–H and O–H groups in total. The van der Waals surface area contributed by atoms with Gasteiger partial charge in [0.05, 0.1) is 12.6 Å². The standard InChI is InChI=1S/C15H19N3O/c1-3-19-14-7-5-4-6-13(14)15(18-16)12-9-8-11(2)17-10-12/h4-10,15,18H,3,16H2,1-2H3. The second-order valence-corrected chi connectivity index (χ2v) is 4.30. The van der Waals surface area contributed by atoms with Crippen LogP contribution in [0, 0.1) is 6.92 Å². The summed E-state index contributed by atoms with van der Waals surface area (Å²) < 4.78 is 5.65. The molecule has 0 amide bonds. The third kappa shape index (κ3) is 3.10. The summed E-state index contributed by atoms with van der Waals surface area (Å²) in [4.78, 5) is 4.31. The van der Waals surface area contributed by atoms with Gasteiger partial charge in [-0.15, -0.1) is 0 Å². The van der Waals surface area contributed by atoms with Crippen molar-refractivity contribution < 1.29 is 4.74 Å². The quantitative estimate of drug-likeness (QED) is 0.637. The van der Waals surface area contributed by atoms with Gasteiger partial charge < -0.3 is 4.74 Å². The summed E-state index contributed by atoms with van der Waals surface area (Å²) in [5, 5.41) is 0. The van der Waals surface area contributed by atoms with Gasteiger partial charge in [0.15, 0.2) is 0 Å². The number of benzene rings is 1. The molecule has 19 heavy (non-hydrogen) atoms. The van der Waals surface area contributed by atoms with Gasteiger partial charge in [0.1, 0.15) is 5.75 Å². The van der Waals surface area contributed by atoms with E-state index in [1.54, 1.807) is 0 Å². The molecule has 1 aromatic heterocycles. The number of ether oxygens (including phenoxy) is 1. The molecule has 0 aliphatic heterocycles. The van der Waals surface area contributed by atoms with Gasteiger partial charge in [-0.25, -0.2) is 5.43 Å². The highest BCUT2D eigenvalue weighted by atomic mass is 16.5. The number of aromatic nitrogens is 1. The maximum absolute atomic E-state index is 5.71. The lowest BCUT2D eigenvalue weighted by Gasteiger charge is -2.19. The predicted molar refractivity (Wildman–Crippen MR) is 75.8 cm³/mol. The second-order valence-electron chi connectivity index (χ2n) is 4.30. The van der Waals surface area contributed by atoms with Gasteiger partial charge >= 0.3 is 0 Å². The molecule has 1 atom stereocenters. The van der Waals surface area contributed by atoms with Crippen molar-refractivity contribution in [3.8, 4) is 5.75 Å². The number of para-hydroxylation sites is 1. The molecule has 1 unspecified atom stereocenters. The molecule has 4 nitrogen and oxygen atoms in total. The lowest BCUT2D eigenvalue weighted by molar-refractivity contribution is 0.333. The molecular formula is C15H19N3O. The van der Waals surface area contributed by atoms with E-state index in [1.165, 1.54) is 0 Å². The van der Waals surface area contributed by atoms with Gasteiger partial charge in [-0.3, -0.25) is 10.8 Å². The fourth-order valence-corrected chi connectivity index (χ4v) is 2.02. The first-order valence-corrected chi connectivity index (χ1v) is 6.36. The molecule has 1 aromatic carbocycles. The van der Waals surface area contributed by atoms with Crippen molar-refractivity contribution in [2.24, 2.45) is 5.84 Å². The van der Waals surface area contributed by atoms with E-state index < -0.39 is 0 Å². The molecule has 2 rings (SSSR count). The predicted octanol–water partition coefficient (Wildman–Crippen LogP) is 2.34. The topological polar surface area (TPSA) is 60.2 Å². The Bertz CT molecular complexity index is 525. The highest BCUT2D eigenvalue weighted by Crippen LogP contribution is 2.29. The van der Waals surface area contributed by atoms with E-state index in [-0.39, 0.29) is 6.04 Å². The number of nitrogens with two attached hydrogens (primary N) is 1. The maximum atomic E-state index is 5.71. The fraction of sp³-hybridized carbons (Fsp3) is 0.267. The SMILES string of the molecule is CCOc1ccccc1C(NN)c1ccc(C)nc1. The minimum Gasteiger partial charge on any atom is -0.494 e. The highest BCUT2D eigenvalue weighted by Gasteiger charge is 2.16. The van der Waals surface area contributed by atoms with Crippen LogP contribution in [0.1, 0.15) is 29.8 Å². The molecule has 0 aliphatic carbocycles. The van der Waals surface area contributed by atoms with Crippen LogP contribution < -0.4 is 16.0 Å². The molecule has 2 aromatic rings. The minimum atomic E-state index is -0.129. The number of nitrogens with one attached hydrogen (secondary N) is 1. The van der Waals surface area contributed by atoms with Crippen LogP contribution in [-0.4, -0.2) is 11.6 Å². The van der Waals surface area contributed by atoms with Crippen LogP contribution in [0.25, 0.3) is 0 Å². The van der Waals surface area contributed by atoms with E-state index in [2.05, 4.69) is 10.4 Å². The Morgan fingerprint density at radius 2 is 2.05 bits per heavy atom. The average molecular weight is 257 g/mol. The van der Waals surface area contributed by atoms with Gasteiger partial charge in [-0.1, -0.05) is 24.3 Å². The Morgan fingerprint density at radius 1 is 1.26 bits per heavy atom. The van der Waals surface area contributed by atoms with Crippen molar-refractivity contribution in [3.05, 3.63) is 59.4 Å². The van der Waals surface area contributed by atoms with Crippen molar-refractivity contribution in [2.45, 2.75) is 19.9 Å². The van der Waals surface area contributed by atoms with Gasteiger partial charge in [-0.05, 0) is 31.5 Å². The number of rotatable bonds is 5. The first kappa shape index (κ1) is 13.5. The molecule has 100 valence electrons. The fourth-order valence-electron chi connectivity index (χ4n) is 2.02. The molecule has 1 heterocycles. The Labute approximate surface area is 113 Å². The summed E-state index contributed by atoms with van der Waals surface area (Å²) >= 11 is 0. The molecule has 4 heteroatoms. The molecular weight excluding hydrogens is 238 g/mol. The number of pyridine rings is 1. The summed E-state index contributed by atoms with van der Waals surface area (Å²) in [5.74, 6) is 6.55. The number of nitrogens with zero attached hydrogens (tertiary/aromatic N) is 1. The Morgan fingerprint density at radius 3 is 2.68 bits per heavy atom. The summed E-state index contributed by atoms with van der Waals surface area (Å²) in [6.45, 7) is 4.55. The van der Waals surface area contributed by atoms with Crippen LogP contribution >= 0.6 is 0 Å². The third-order valence-corrected chi connectivity index (χ3v) is 2.96. The van der Waals surface area contributed by atoms with Crippen molar-refractivity contribution in [1.82, 2.24) is 10.4 Å². The smallest absolute Gasteiger partial charge is 0.124 e. The van der Waals surface area contributed by atoms with Crippen LogP contribution in [0.4, 0.5) is 0 Å². The number of hydrogen-bond acceptors (Lipinski definition) is 4. The summed E-state index contributed by atoms with van der Waals surface area (Å²) in [7, 11) is 0. The summed E-state index contributed by atoms with van der Waals surface area (Å²) in [6, 6.07) is 11.8. The van der Waals surface area contributed by atoms with E-state index in [1.807, 2.05) is 56.4 Å². The number of hydrazine groups is 1. The number of aryl methyl sites for hydroxylation is 1. The summed E-state index contributed by atoms with van der Waals surface area (Å²) in [5.41, 5.74) is 5.84. The van der Waals surface area contributed by atoms with Crippen molar-refractivity contribution in [3.63, 3.8) is 0 Å². The van der Waals surface area contributed by atoms with E-state index in [0.29, 0.717) is 6.61 Å². The molecule has 0 bridgehead atoms. The average Bonchev–Trinajstić information content (AvgIpc) is 2.44. The van der Waals surface area contributed by atoms with Crippen LogP contribution in [0.15, 0.2) is 42.6 Å². The lowest BCUT2D eigenvalue weighted by atomic mass is 9.99. The lowest BCUT2D eigenvalue weighted by Crippen LogP contribution is -2.29. The van der Waals surface area contributed by atoms with Crippen LogP contribution in [0.3, 0.4) is 0 Å². The molecule has 0 radical (unpaired) electrons. The van der Waals surface area contributed by atoms with Gasteiger partial charge in [-0.2, -0.15) is 0 Å². The second kappa shape index (κ2) is 6.31. The largest absolute Gasteiger partial charge is 0.494 e. The first-order chi connectivity index (χ1) is 9.26. The highest BCUT2D eigenvalue weighted by molar-refractivity contribution is 5.41. The van der Waals surface area contributed by atoms with Crippen LogP contribution in [-0.2, 0) is 0 Å². The zero-order valence-electron chi connectivity index (χ0n) is 11.3. The van der Waals surface area contributed by atoms with Crippen molar-refractivity contribution in [1.29, 1.82) is 0 Å². The normalized spacial score (nSPS) is 12.2. The summed E-state index contributed by atoms with van der Waals surface area (Å²) in [6.07, 6.45) is 1.84. The van der Waals surface area contributed by atoms with E-state index in [0.717, 1.165) is 22.6 Å². The van der Waals surface area contributed by atoms with Crippen molar-refractivity contribution in [2.75, 3.05) is 6.61 Å². The van der Waals surface area contributed by atoms with E-state index >= 15 is 0 Å². The van der Waals surface area contributed by atoms with Crippen LogP contribution in [0.5, 0.6) is 5.75 Å². The monoisotopic (exact) mass is 257 g/mol. The first-order valence-electron chi connectivity index (χ1n) is 6.36. The Hall–Kier alpha value is -1.91. The Kier molecular flexibility index (Phi) is 4.49. The molecule has 0 saturated carbocycles. The maximum Gasteiger partial charge on any atom is 0.124 e. The Balaban J connectivity index is 2.39. The molecule has 0 aliphatic rings. The number of hydrogen-bond donors (Lipinski definition) is 2. The van der Waals surface area contributed by atoms with Gasteiger partial charge in [0.25, 0.3) is 0 Å². The molecule has 0 saturated heterocycles. The molecule has 0 spiro atoms. The zero-order chi connectivity index (χ0) is 13.7. The molecule has 0 fully saturated rings. The third-order valence-electron chi connectivity index (χ3n) is 2.96. The van der Waals surface area contributed by atoms with Crippen molar-refractivity contribution >= 4 is 0 Å². The van der Waals surface area contributed by atoms with E-state index in [9.17, 15) is 0 Å². The van der Waals surface area contributed by atoms with Gasteiger partial charge in [0.2, 0.25) is 0 Å². The van der Waals surface area contributed by atoms with Crippen LogP contribution in [0.2, 0.25) is 0 Å².